The minimum Gasteiger partial charge on any atom is -0.293 e. The zero-order valence-electron chi connectivity index (χ0n) is 9.94. The summed E-state index contributed by atoms with van der Waals surface area (Å²) >= 11 is 3.20. The van der Waals surface area contributed by atoms with E-state index in [1.54, 1.807) is 22.7 Å². The van der Waals surface area contributed by atoms with Gasteiger partial charge in [0.05, 0.1) is 11.8 Å². The van der Waals surface area contributed by atoms with E-state index in [9.17, 15) is 9.59 Å². The Labute approximate surface area is 112 Å². The average Bonchev–Trinajstić information content (AvgIpc) is 2.96. The molecule has 0 radical (unpaired) electrons. The molecular formula is C14H10O2S2. The Hall–Kier alpha value is -1.26. The first-order valence-corrected chi connectivity index (χ1v) is 7.50. The summed E-state index contributed by atoms with van der Waals surface area (Å²) in [5.74, 6) is -0.136. The molecule has 18 heavy (non-hydrogen) atoms. The van der Waals surface area contributed by atoms with E-state index in [-0.39, 0.29) is 23.4 Å². The van der Waals surface area contributed by atoms with E-state index >= 15 is 0 Å². The maximum atomic E-state index is 12.5. The number of ketones is 2. The highest BCUT2D eigenvalue weighted by molar-refractivity contribution is 7.14. The van der Waals surface area contributed by atoms with E-state index in [0.717, 1.165) is 30.6 Å². The maximum Gasteiger partial charge on any atom is 0.173 e. The lowest BCUT2D eigenvalue weighted by molar-refractivity contribution is 0.0914. The third-order valence-electron chi connectivity index (χ3n) is 3.76. The molecular weight excluding hydrogens is 264 g/mol. The summed E-state index contributed by atoms with van der Waals surface area (Å²) in [6.45, 7) is 3.98. The molecule has 0 spiro atoms. The first kappa shape index (κ1) is 10.6. The van der Waals surface area contributed by atoms with E-state index in [4.69, 9.17) is 0 Å². The molecule has 4 rings (SSSR count). The molecule has 2 aliphatic rings. The molecule has 2 atom stereocenters. The van der Waals surface area contributed by atoms with Gasteiger partial charge >= 0.3 is 0 Å². The molecule has 0 amide bonds. The van der Waals surface area contributed by atoms with Gasteiger partial charge in [-0.2, -0.15) is 0 Å². The third-order valence-corrected chi connectivity index (χ3v) is 6.03. The molecule has 2 aromatic rings. The highest BCUT2D eigenvalue weighted by Crippen LogP contribution is 2.55. The van der Waals surface area contributed by atoms with Crippen LogP contribution in [0.3, 0.4) is 0 Å². The Morgan fingerprint density at radius 3 is 1.61 bits per heavy atom. The fraction of sp³-hybridized carbons (Fsp3) is 0.286. The molecule has 2 unspecified atom stereocenters. The molecule has 0 N–H and O–H groups in total. The maximum absolute atomic E-state index is 12.5. The zero-order chi connectivity index (χ0) is 12.6. The minimum atomic E-state index is -0.215. The van der Waals surface area contributed by atoms with Crippen molar-refractivity contribution in [3.63, 3.8) is 0 Å². The molecule has 2 nitrogen and oxygen atoms in total. The van der Waals surface area contributed by atoms with Crippen molar-refractivity contribution in [2.24, 2.45) is 0 Å². The number of aryl methyl sites for hydroxylation is 2. The normalized spacial score (nSPS) is 24.3. The standard InChI is InChI=1S/C14H10O2S2/c1-5-3-7-11(15)10-9(13(7)17-5)12(16)8-4-6(2)18-14(8)10/h3-4,9-10H,1-2H3. The Morgan fingerprint density at radius 2 is 1.22 bits per heavy atom. The van der Waals surface area contributed by atoms with Crippen LogP contribution >= 0.6 is 22.7 Å². The number of hydrogen-bond donors (Lipinski definition) is 0. The molecule has 0 bridgehead atoms. The molecule has 0 fully saturated rings. The molecule has 0 aromatic carbocycles. The highest BCUT2D eigenvalue weighted by Gasteiger charge is 2.52. The van der Waals surface area contributed by atoms with Crippen LogP contribution in [0.5, 0.6) is 0 Å². The van der Waals surface area contributed by atoms with Gasteiger partial charge in [0.2, 0.25) is 0 Å². The predicted octanol–water partition coefficient (Wildman–Crippen LogP) is 3.69. The van der Waals surface area contributed by atoms with Gasteiger partial charge in [-0.25, -0.2) is 0 Å². The number of hydrogen-bond acceptors (Lipinski definition) is 4. The summed E-state index contributed by atoms with van der Waals surface area (Å²) in [6.07, 6.45) is 0. The SMILES string of the molecule is Cc1cc2c(s1)C1C(=O)c3cc(C)sc3C1C2=O. The average molecular weight is 274 g/mol. The fourth-order valence-electron chi connectivity index (χ4n) is 3.09. The second-order valence-corrected chi connectivity index (χ2v) is 7.53. The van der Waals surface area contributed by atoms with Gasteiger partial charge in [-0.15, -0.1) is 22.7 Å². The van der Waals surface area contributed by atoms with Crippen molar-refractivity contribution >= 4 is 34.2 Å². The van der Waals surface area contributed by atoms with Crippen LogP contribution in [0.2, 0.25) is 0 Å². The first-order chi connectivity index (χ1) is 8.58. The minimum absolute atomic E-state index is 0.147. The Kier molecular flexibility index (Phi) is 1.89. The largest absolute Gasteiger partial charge is 0.293 e. The number of carbonyl (C=O) groups excluding carboxylic acids is 2. The Balaban J connectivity index is 1.97. The lowest BCUT2D eigenvalue weighted by Crippen LogP contribution is -2.09. The van der Waals surface area contributed by atoms with Crippen LogP contribution in [-0.4, -0.2) is 11.6 Å². The molecule has 0 saturated carbocycles. The Bertz CT molecular complexity index is 658. The van der Waals surface area contributed by atoms with Gasteiger partial charge < -0.3 is 0 Å². The van der Waals surface area contributed by atoms with Crippen molar-refractivity contribution in [1.29, 1.82) is 0 Å². The van der Waals surface area contributed by atoms with Crippen molar-refractivity contribution < 1.29 is 9.59 Å². The van der Waals surface area contributed by atoms with E-state index in [0.29, 0.717) is 0 Å². The van der Waals surface area contributed by atoms with Gasteiger partial charge in [-0.3, -0.25) is 9.59 Å². The van der Waals surface area contributed by atoms with Crippen molar-refractivity contribution in [3.05, 3.63) is 42.8 Å². The van der Waals surface area contributed by atoms with Crippen molar-refractivity contribution in [3.8, 4) is 0 Å². The monoisotopic (exact) mass is 274 g/mol. The molecule has 2 aromatic heterocycles. The summed E-state index contributed by atoms with van der Waals surface area (Å²) in [6, 6.07) is 3.88. The molecule has 2 aliphatic carbocycles. The van der Waals surface area contributed by atoms with E-state index in [2.05, 4.69) is 0 Å². The zero-order valence-corrected chi connectivity index (χ0v) is 11.6. The van der Waals surface area contributed by atoms with Crippen molar-refractivity contribution in [2.75, 3.05) is 0 Å². The van der Waals surface area contributed by atoms with Crippen LogP contribution in [0.4, 0.5) is 0 Å². The smallest absolute Gasteiger partial charge is 0.173 e. The number of Topliss-reactive ketones (excluding diaryl/α,β-unsaturated/α-hetero) is 2. The predicted molar refractivity (Wildman–Crippen MR) is 72.3 cm³/mol. The number of carbonyl (C=O) groups is 2. The molecule has 0 aliphatic heterocycles. The van der Waals surface area contributed by atoms with E-state index in [1.165, 1.54) is 0 Å². The van der Waals surface area contributed by atoms with Gasteiger partial charge in [0.25, 0.3) is 0 Å². The summed E-state index contributed by atoms with van der Waals surface area (Å²) in [5.41, 5.74) is 1.58. The lowest BCUT2D eigenvalue weighted by Gasteiger charge is -2.07. The highest BCUT2D eigenvalue weighted by atomic mass is 32.1. The van der Waals surface area contributed by atoms with Gasteiger partial charge in [0.15, 0.2) is 11.6 Å². The van der Waals surface area contributed by atoms with Gasteiger partial charge in [-0.05, 0) is 26.0 Å². The molecule has 90 valence electrons. The topological polar surface area (TPSA) is 34.1 Å². The lowest BCUT2D eigenvalue weighted by atomic mass is 9.98. The van der Waals surface area contributed by atoms with Crippen LogP contribution in [-0.2, 0) is 0 Å². The first-order valence-electron chi connectivity index (χ1n) is 5.87. The summed E-state index contributed by atoms with van der Waals surface area (Å²) in [4.78, 5) is 29.2. The molecule has 0 saturated heterocycles. The molecule has 2 heterocycles. The van der Waals surface area contributed by atoms with E-state index in [1.807, 2.05) is 26.0 Å². The van der Waals surface area contributed by atoms with Crippen molar-refractivity contribution in [1.82, 2.24) is 0 Å². The molecule has 4 heteroatoms. The van der Waals surface area contributed by atoms with Crippen LogP contribution < -0.4 is 0 Å². The van der Waals surface area contributed by atoms with E-state index < -0.39 is 0 Å². The van der Waals surface area contributed by atoms with Crippen LogP contribution in [0, 0.1) is 13.8 Å². The fourth-order valence-corrected chi connectivity index (χ4v) is 5.42. The number of rotatable bonds is 0. The number of fused-ring (bicyclic) bond motifs is 5. The van der Waals surface area contributed by atoms with Crippen molar-refractivity contribution in [2.45, 2.75) is 25.7 Å². The second kappa shape index (κ2) is 3.19. The van der Waals surface area contributed by atoms with Crippen LogP contribution in [0.1, 0.15) is 52.1 Å². The second-order valence-electron chi connectivity index (χ2n) is 4.95. The quantitative estimate of drug-likeness (QED) is 0.734. The summed E-state index contributed by atoms with van der Waals surface area (Å²) in [5, 5.41) is 0. The Morgan fingerprint density at radius 1 is 0.833 bits per heavy atom. The van der Waals surface area contributed by atoms with Gasteiger partial charge in [-0.1, -0.05) is 0 Å². The van der Waals surface area contributed by atoms with Gasteiger partial charge in [0.1, 0.15) is 0 Å². The van der Waals surface area contributed by atoms with Gasteiger partial charge in [0, 0.05) is 30.6 Å². The number of thiophene rings is 2. The third kappa shape index (κ3) is 1.08. The summed E-state index contributed by atoms with van der Waals surface area (Å²) < 4.78 is 0. The van der Waals surface area contributed by atoms with Crippen LogP contribution in [0.15, 0.2) is 12.1 Å². The summed E-state index contributed by atoms with van der Waals surface area (Å²) in [7, 11) is 0. The van der Waals surface area contributed by atoms with Crippen LogP contribution in [0.25, 0.3) is 0 Å².